The summed E-state index contributed by atoms with van der Waals surface area (Å²) in [7, 11) is 0. The van der Waals surface area contributed by atoms with Gasteiger partial charge in [0.25, 0.3) is 5.91 Å². The average Bonchev–Trinajstić information content (AvgIpc) is 2.67. The van der Waals surface area contributed by atoms with Gasteiger partial charge >= 0.3 is 0 Å². The summed E-state index contributed by atoms with van der Waals surface area (Å²) in [4.78, 5) is 24.7. The van der Waals surface area contributed by atoms with Crippen LogP contribution in [-0.2, 0) is 4.79 Å². The lowest BCUT2D eigenvalue weighted by atomic mass is 9.95. The van der Waals surface area contributed by atoms with Crippen molar-refractivity contribution in [1.82, 2.24) is 5.32 Å². The van der Waals surface area contributed by atoms with E-state index in [1.165, 1.54) is 0 Å². The number of hydrogen-bond donors (Lipinski definition) is 3. The van der Waals surface area contributed by atoms with Crippen LogP contribution in [0.2, 0.25) is 0 Å². The Bertz CT molecular complexity index is 922. The number of thiocarbonyl (C=S) groups is 1. The molecule has 2 aromatic carbocycles. The van der Waals surface area contributed by atoms with E-state index in [0.29, 0.717) is 22.7 Å². The molecule has 0 saturated heterocycles. The third-order valence-electron chi connectivity index (χ3n) is 4.29. The lowest BCUT2D eigenvalue weighted by molar-refractivity contribution is -0.123. The molecule has 160 valence electrons. The van der Waals surface area contributed by atoms with Crippen molar-refractivity contribution in [2.24, 2.45) is 5.41 Å². The minimum absolute atomic E-state index is 0.0668. The Morgan fingerprint density at radius 2 is 1.67 bits per heavy atom. The Morgan fingerprint density at radius 3 is 2.30 bits per heavy atom. The fourth-order valence-corrected chi connectivity index (χ4v) is 2.57. The fraction of sp³-hybridized carbons (Fsp3) is 0.348. The first-order chi connectivity index (χ1) is 14.1. The molecule has 30 heavy (non-hydrogen) atoms. The van der Waals surface area contributed by atoms with E-state index in [-0.39, 0.29) is 23.0 Å². The van der Waals surface area contributed by atoms with Crippen LogP contribution in [0.15, 0.2) is 48.5 Å². The number of benzene rings is 2. The number of amides is 2. The molecular weight excluding hydrogens is 398 g/mol. The summed E-state index contributed by atoms with van der Waals surface area (Å²) >= 11 is 5.26. The zero-order valence-electron chi connectivity index (χ0n) is 18.0. The lowest BCUT2D eigenvalue weighted by Crippen LogP contribution is -2.34. The van der Waals surface area contributed by atoms with Crippen LogP contribution < -0.4 is 20.7 Å². The van der Waals surface area contributed by atoms with Crippen LogP contribution in [0.25, 0.3) is 0 Å². The van der Waals surface area contributed by atoms with Gasteiger partial charge in [0.1, 0.15) is 5.75 Å². The van der Waals surface area contributed by atoms with E-state index >= 15 is 0 Å². The maximum absolute atomic E-state index is 12.5. The van der Waals surface area contributed by atoms with Crippen molar-refractivity contribution in [1.29, 1.82) is 0 Å². The molecule has 0 spiro atoms. The molecule has 3 N–H and O–H groups in total. The van der Waals surface area contributed by atoms with Crippen LogP contribution >= 0.6 is 12.2 Å². The predicted molar refractivity (Wildman–Crippen MR) is 125 cm³/mol. The topological polar surface area (TPSA) is 79.5 Å². The van der Waals surface area contributed by atoms with Crippen molar-refractivity contribution in [3.05, 3.63) is 54.1 Å². The van der Waals surface area contributed by atoms with Gasteiger partial charge in [-0.15, -0.1) is 0 Å². The van der Waals surface area contributed by atoms with Gasteiger partial charge in [0.15, 0.2) is 5.11 Å². The molecule has 0 fully saturated rings. The molecule has 0 saturated carbocycles. The van der Waals surface area contributed by atoms with E-state index in [2.05, 4.69) is 16.0 Å². The number of rotatable bonds is 6. The van der Waals surface area contributed by atoms with Crippen molar-refractivity contribution in [3.63, 3.8) is 0 Å². The Hall–Kier alpha value is -2.93. The van der Waals surface area contributed by atoms with Gasteiger partial charge in [-0.25, -0.2) is 0 Å². The molecule has 2 rings (SSSR count). The van der Waals surface area contributed by atoms with Gasteiger partial charge in [-0.05, 0) is 62.0 Å². The molecule has 0 aliphatic carbocycles. The highest BCUT2D eigenvalue weighted by molar-refractivity contribution is 7.80. The smallest absolute Gasteiger partial charge is 0.257 e. The second kappa shape index (κ2) is 10.2. The highest BCUT2D eigenvalue weighted by atomic mass is 32.1. The van der Waals surface area contributed by atoms with Crippen LogP contribution in [0.1, 0.15) is 51.4 Å². The highest BCUT2D eigenvalue weighted by Gasteiger charge is 2.21. The summed E-state index contributed by atoms with van der Waals surface area (Å²) in [6.07, 6.45) is 0.941. The standard InChI is InChI=1S/C23H29N3O3S/c1-6-15(2)29-19-12-7-9-16(13-19)20(27)26-22(30)25-18-11-8-10-17(14-18)24-21(28)23(3,4)5/h7-15H,6H2,1-5H3,(H,24,28)(H2,25,26,27,30). The van der Waals surface area contributed by atoms with E-state index in [4.69, 9.17) is 17.0 Å². The molecule has 0 aliphatic heterocycles. The van der Waals surface area contributed by atoms with Crippen molar-refractivity contribution in [2.45, 2.75) is 47.1 Å². The van der Waals surface area contributed by atoms with E-state index < -0.39 is 5.41 Å². The third-order valence-corrected chi connectivity index (χ3v) is 4.50. The van der Waals surface area contributed by atoms with Crippen LogP contribution in [0.5, 0.6) is 5.75 Å². The van der Waals surface area contributed by atoms with Crippen molar-refractivity contribution < 1.29 is 14.3 Å². The van der Waals surface area contributed by atoms with Crippen molar-refractivity contribution in [2.75, 3.05) is 10.6 Å². The summed E-state index contributed by atoms with van der Waals surface area (Å²) in [6, 6.07) is 14.1. The molecule has 0 radical (unpaired) electrons. The van der Waals surface area contributed by atoms with Crippen LogP contribution in [-0.4, -0.2) is 23.0 Å². The van der Waals surface area contributed by atoms with Crippen LogP contribution in [0.3, 0.4) is 0 Å². The normalized spacial score (nSPS) is 11.9. The Kier molecular flexibility index (Phi) is 7.94. The molecule has 2 aromatic rings. The minimum Gasteiger partial charge on any atom is -0.491 e. The van der Waals surface area contributed by atoms with Gasteiger partial charge in [-0.2, -0.15) is 0 Å². The zero-order chi connectivity index (χ0) is 22.3. The largest absolute Gasteiger partial charge is 0.491 e. The van der Waals surface area contributed by atoms with Crippen molar-refractivity contribution in [3.8, 4) is 5.75 Å². The number of ether oxygens (including phenoxy) is 1. The van der Waals surface area contributed by atoms with Gasteiger partial charge in [0, 0.05) is 22.4 Å². The molecule has 0 heterocycles. The fourth-order valence-electron chi connectivity index (χ4n) is 2.36. The summed E-state index contributed by atoms with van der Waals surface area (Å²) in [5.74, 6) is 0.215. The van der Waals surface area contributed by atoms with Gasteiger partial charge in [0.05, 0.1) is 6.10 Å². The molecule has 2 amide bonds. The first-order valence-electron chi connectivity index (χ1n) is 9.89. The van der Waals surface area contributed by atoms with Gasteiger partial charge in [0.2, 0.25) is 5.91 Å². The molecule has 7 heteroatoms. The molecule has 0 aliphatic rings. The van der Waals surface area contributed by atoms with Crippen molar-refractivity contribution >= 4 is 40.5 Å². The summed E-state index contributed by atoms with van der Waals surface area (Å²) in [5.41, 5.74) is 1.25. The molecule has 0 bridgehead atoms. The second-order valence-corrected chi connectivity index (χ2v) is 8.47. The summed E-state index contributed by atoms with van der Waals surface area (Å²) in [5, 5.41) is 8.66. The number of hydrogen-bond acceptors (Lipinski definition) is 4. The molecule has 1 atom stereocenters. The third kappa shape index (κ3) is 7.15. The van der Waals surface area contributed by atoms with E-state index in [9.17, 15) is 9.59 Å². The predicted octanol–water partition coefficient (Wildman–Crippen LogP) is 4.98. The van der Waals surface area contributed by atoms with E-state index in [1.807, 2.05) is 40.7 Å². The van der Waals surface area contributed by atoms with Gasteiger partial charge < -0.3 is 15.4 Å². The second-order valence-electron chi connectivity index (χ2n) is 8.06. The Morgan fingerprint density at radius 1 is 1.03 bits per heavy atom. The molecule has 1 unspecified atom stereocenters. The molecule has 0 aromatic heterocycles. The number of carbonyl (C=O) groups is 2. The Labute approximate surface area is 183 Å². The average molecular weight is 428 g/mol. The van der Waals surface area contributed by atoms with E-state index in [1.54, 1.807) is 42.5 Å². The monoisotopic (exact) mass is 427 g/mol. The molecule has 6 nitrogen and oxygen atoms in total. The first-order valence-corrected chi connectivity index (χ1v) is 10.3. The summed E-state index contributed by atoms with van der Waals surface area (Å²) in [6.45, 7) is 9.55. The zero-order valence-corrected chi connectivity index (χ0v) is 18.9. The Balaban J connectivity index is 1.99. The van der Waals surface area contributed by atoms with Crippen LogP contribution in [0, 0.1) is 5.41 Å². The maximum Gasteiger partial charge on any atom is 0.257 e. The SMILES string of the molecule is CCC(C)Oc1cccc(C(=O)NC(=S)Nc2cccc(NC(=O)C(C)(C)C)c2)c1. The van der Waals surface area contributed by atoms with Gasteiger partial charge in [-0.3, -0.25) is 14.9 Å². The molecular formula is C23H29N3O3S. The quantitative estimate of drug-likeness (QED) is 0.567. The number of carbonyl (C=O) groups excluding carboxylic acids is 2. The van der Waals surface area contributed by atoms with Crippen LogP contribution in [0.4, 0.5) is 11.4 Å². The summed E-state index contributed by atoms with van der Waals surface area (Å²) < 4.78 is 5.76. The number of anilines is 2. The highest BCUT2D eigenvalue weighted by Crippen LogP contribution is 2.20. The van der Waals surface area contributed by atoms with E-state index in [0.717, 1.165) is 6.42 Å². The van der Waals surface area contributed by atoms with Gasteiger partial charge in [-0.1, -0.05) is 39.8 Å². The maximum atomic E-state index is 12.5. The lowest BCUT2D eigenvalue weighted by Gasteiger charge is -2.18. The number of nitrogens with one attached hydrogen (secondary N) is 3. The first kappa shape index (κ1) is 23.3. The minimum atomic E-state index is -0.500.